The molecule has 6 rings (SSSR count). The molecular weight excluding hydrogens is 505 g/mol. The molecule has 202 valence electrons. The highest BCUT2D eigenvalue weighted by Gasteiger charge is 2.16. The molecule has 1 aromatic carbocycles. The Balaban J connectivity index is 1.39. The molecule has 6 aromatic rings. The summed E-state index contributed by atoms with van der Waals surface area (Å²) in [4.78, 5) is 21.2. The summed E-state index contributed by atoms with van der Waals surface area (Å²) in [5, 5.41) is 12.7. The van der Waals surface area contributed by atoms with Gasteiger partial charge in [0.1, 0.15) is 11.5 Å². The fraction of sp³-hybridized carbons (Fsp3) is 0.200. The summed E-state index contributed by atoms with van der Waals surface area (Å²) in [5.41, 5.74) is 8.17. The Morgan fingerprint density at radius 1 is 0.850 bits per heavy atom. The second-order valence-corrected chi connectivity index (χ2v) is 10.3. The molecule has 0 saturated carbocycles. The lowest BCUT2D eigenvalue weighted by Gasteiger charge is -2.12. The van der Waals surface area contributed by atoms with Gasteiger partial charge in [0.05, 0.1) is 23.3 Å². The minimum absolute atomic E-state index is 0.316. The van der Waals surface area contributed by atoms with Crippen LogP contribution in [0, 0.1) is 5.82 Å². The van der Waals surface area contributed by atoms with Crippen molar-refractivity contribution in [1.82, 2.24) is 35.0 Å². The average molecular weight is 536 g/mol. The van der Waals surface area contributed by atoms with Crippen LogP contribution in [0.5, 0.6) is 0 Å². The van der Waals surface area contributed by atoms with Gasteiger partial charge in [-0.2, -0.15) is 5.10 Å². The first-order chi connectivity index (χ1) is 19.4. The Hall–Kier alpha value is -4.83. The normalized spacial score (nSPS) is 11.6. The van der Waals surface area contributed by atoms with E-state index in [-0.39, 0.29) is 5.82 Å². The Labute approximate surface area is 231 Å². The number of H-pyrrole nitrogens is 2. The third-order valence-electron chi connectivity index (χ3n) is 6.85. The van der Waals surface area contributed by atoms with Crippen molar-refractivity contribution >= 4 is 33.3 Å². The van der Waals surface area contributed by atoms with Gasteiger partial charge < -0.3 is 20.1 Å². The molecule has 0 atom stereocenters. The van der Waals surface area contributed by atoms with Gasteiger partial charge in [0.2, 0.25) is 0 Å². The number of hydrogen-bond acceptors (Lipinski definition) is 7. The van der Waals surface area contributed by atoms with E-state index in [1.807, 2.05) is 69.9 Å². The first-order valence-electron chi connectivity index (χ1n) is 13.0. The second-order valence-electron chi connectivity index (χ2n) is 10.3. The van der Waals surface area contributed by atoms with Crippen LogP contribution in [0.3, 0.4) is 0 Å². The smallest absolute Gasteiger partial charge is 0.155 e. The third kappa shape index (κ3) is 4.96. The number of benzene rings is 1. The SMILES string of the molecule is CN(C)CCNc1cc(F)cc(-c2nccc3[nH]c(-c4n[nH]c5ncc(-c6cncc(N(C)C)c6)cc45)cc23)c1. The van der Waals surface area contributed by atoms with E-state index in [2.05, 4.69) is 52.5 Å². The average Bonchev–Trinajstić information content (AvgIpc) is 3.56. The summed E-state index contributed by atoms with van der Waals surface area (Å²) in [6.45, 7) is 1.55. The predicted molar refractivity (Wildman–Crippen MR) is 159 cm³/mol. The highest BCUT2D eigenvalue weighted by Crippen LogP contribution is 2.35. The Morgan fingerprint density at radius 2 is 1.70 bits per heavy atom. The van der Waals surface area contributed by atoms with E-state index >= 15 is 0 Å². The number of aromatic nitrogens is 6. The maximum atomic E-state index is 14.6. The number of likely N-dealkylation sites (N-methyl/N-ethyl adjacent to an activating group) is 1. The molecule has 3 N–H and O–H groups in total. The Kier molecular flexibility index (Phi) is 6.61. The Bertz CT molecular complexity index is 1820. The van der Waals surface area contributed by atoms with E-state index in [4.69, 9.17) is 0 Å². The number of anilines is 2. The van der Waals surface area contributed by atoms with Gasteiger partial charge >= 0.3 is 0 Å². The van der Waals surface area contributed by atoms with E-state index in [0.717, 1.165) is 56.7 Å². The quantitative estimate of drug-likeness (QED) is 0.240. The molecule has 0 aliphatic rings. The van der Waals surface area contributed by atoms with Gasteiger partial charge in [-0.3, -0.25) is 15.1 Å². The number of nitrogens with zero attached hydrogens (tertiary/aromatic N) is 6. The summed E-state index contributed by atoms with van der Waals surface area (Å²) in [7, 11) is 7.99. The van der Waals surface area contributed by atoms with Gasteiger partial charge in [0.15, 0.2) is 5.65 Å². The van der Waals surface area contributed by atoms with Gasteiger partial charge in [-0.15, -0.1) is 0 Å². The van der Waals surface area contributed by atoms with Crippen LogP contribution in [-0.2, 0) is 0 Å². The highest BCUT2D eigenvalue weighted by atomic mass is 19.1. The second kappa shape index (κ2) is 10.4. The Morgan fingerprint density at radius 3 is 2.52 bits per heavy atom. The number of nitrogens with one attached hydrogen (secondary N) is 3. The van der Waals surface area contributed by atoms with E-state index in [1.165, 1.54) is 12.1 Å². The largest absolute Gasteiger partial charge is 0.384 e. The number of halogens is 1. The summed E-state index contributed by atoms with van der Waals surface area (Å²) in [5.74, 6) is -0.316. The predicted octanol–water partition coefficient (Wildman–Crippen LogP) is 5.41. The first kappa shape index (κ1) is 25.4. The lowest BCUT2D eigenvalue weighted by molar-refractivity contribution is 0.425. The molecule has 0 aliphatic carbocycles. The zero-order valence-electron chi connectivity index (χ0n) is 22.8. The minimum atomic E-state index is -0.316. The summed E-state index contributed by atoms with van der Waals surface area (Å²) in [6, 6.07) is 13.0. The van der Waals surface area contributed by atoms with Crippen molar-refractivity contribution in [1.29, 1.82) is 0 Å². The summed E-state index contributed by atoms with van der Waals surface area (Å²) >= 11 is 0. The first-order valence-corrected chi connectivity index (χ1v) is 13.0. The van der Waals surface area contributed by atoms with Crippen LogP contribution < -0.4 is 10.2 Å². The molecule has 40 heavy (non-hydrogen) atoms. The molecule has 5 heterocycles. The van der Waals surface area contributed by atoms with E-state index < -0.39 is 0 Å². The topological polar surface area (TPSA) is 102 Å². The molecule has 0 amide bonds. The van der Waals surface area contributed by atoms with Crippen molar-refractivity contribution in [3.8, 4) is 33.8 Å². The standard InChI is InChI=1S/C30H30FN9/c1-39(2)8-7-33-22-10-18(9-21(31)13-22)28-24-14-27(36-26(24)5-6-34-28)29-25-12-20(16-35-30(25)38-37-29)19-11-23(40(3)4)17-32-15-19/h5-6,9-17,33,36H,7-8H2,1-4H3,(H,35,37,38). The molecule has 0 unspecified atom stereocenters. The van der Waals surface area contributed by atoms with E-state index in [1.54, 1.807) is 6.20 Å². The van der Waals surface area contributed by atoms with Crippen molar-refractivity contribution in [3.05, 3.63) is 73.1 Å². The van der Waals surface area contributed by atoms with Crippen LogP contribution >= 0.6 is 0 Å². The number of pyridine rings is 3. The molecule has 0 bridgehead atoms. The maximum Gasteiger partial charge on any atom is 0.155 e. The number of fused-ring (bicyclic) bond motifs is 2. The summed E-state index contributed by atoms with van der Waals surface area (Å²) in [6.07, 6.45) is 7.21. The lowest BCUT2D eigenvalue weighted by atomic mass is 10.1. The fourth-order valence-electron chi connectivity index (χ4n) is 4.76. The molecule has 9 nitrogen and oxygen atoms in total. The van der Waals surface area contributed by atoms with Gasteiger partial charge in [-0.25, -0.2) is 9.37 Å². The van der Waals surface area contributed by atoms with Crippen LogP contribution in [0.15, 0.2) is 67.3 Å². The van der Waals surface area contributed by atoms with Crippen LogP contribution in [-0.4, -0.2) is 76.3 Å². The molecule has 0 radical (unpaired) electrons. The highest BCUT2D eigenvalue weighted by molar-refractivity contribution is 6.00. The van der Waals surface area contributed by atoms with Crippen molar-refractivity contribution in [3.63, 3.8) is 0 Å². The molecule has 0 aliphatic heterocycles. The zero-order valence-corrected chi connectivity index (χ0v) is 22.8. The number of rotatable bonds is 8. The van der Waals surface area contributed by atoms with Crippen LogP contribution in [0.1, 0.15) is 0 Å². The van der Waals surface area contributed by atoms with Crippen molar-refractivity contribution in [2.45, 2.75) is 0 Å². The summed E-state index contributed by atoms with van der Waals surface area (Å²) < 4.78 is 14.6. The molecule has 0 saturated heterocycles. The van der Waals surface area contributed by atoms with Gasteiger partial charge in [0, 0.05) is 84.4 Å². The maximum absolute atomic E-state index is 14.6. The molecule has 10 heteroatoms. The zero-order chi connectivity index (χ0) is 27.8. The third-order valence-corrected chi connectivity index (χ3v) is 6.85. The van der Waals surface area contributed by atoms with Crippen molar-refractivity contribution in [2.24, 2.45) is 0 Å². The van der Waals surface area contributed by atoms with Crippen LogP contribution in [0.25, 0.3) is 55.7 Å². The monoisotopic (exact) mass is 535 g/mol. The molecule has 5 aromatic heterocycles. The van der Waals surface area contributed by atoms with Crippen molar-refractivity contribution in [2.75, 3.05) is 51.5 Å². The molecule has 0 fully saturated rings. The lowest BCUT2D eigenvalue weighted by Crippen LogP contribution is -2.20. The van der Waals surface area contributed by atoms with E-state index in [9.17, 15) is 4.39 Å². The van der Waals surface area contributed by atoms with E-state index in [0.29, 0.717) is 23.4 Å². The van der Waals surface area contributed by atoms with Crippen LogP contribution in [0.2, 0.25) is 0 Å². The molecular formula is C30H30FN9. The van der Waals surface area contributed by atoms with Gasteiger partial charge in [-0.05, 0) is 56.6 Å². The number of hydrogen-bond donors (Lipinski definition) is 3. The fourth-order valence-corrected chi connectivity index (χ4v) is 4.76. The van der Waals surface area contributed by atoms with Gasteiger partial charge in [-0.1, -0.05) is 0 Å². The van der Waals surface area contributed by atoms with Crippen LogP contribution in [0.4, 0.5) is 15.8 Å². The minimum Gasteiger partial charge on any atom is -0.384 e. The molecule has 0 spiro atoms. The number of aromatic amines is 2. The van der Waals surface area contributed by atoms with Crippen molar-refractivity contribution < 1.29 is 4.39 Å². The van der Waals surface area contributed by atoms with Gasteiger partial charge in [0.25, 0.3) is 0 Å².